The molecule has 1 N–H and O–H groups in total. The zero-order valence-corrected chi connectivity index (χ0v) is 16.1. The molecule has 0 fully saturated rings. The van der Waals surface area contributed by atoms with E-state index < -0.39 is 5.60 Å². The van der Waals surface area contributed by atoms with E-state index in [-0.39, 0.29) is 5.91 Å². The van der Waals surface area contributed by atoms with E-state index >= 15 is 0 Å². The molecule has 0 saturated heterocycles. The van der Waals surface area contributed by atoms with E-state index in [4.69, 9.17) is 9.47 Å². The number of hydrogen-bond acceptors (Lipinski definition) is 3. The van der Waals surface area contributed by atoms with Crippen LogP contribution in [0.5, 0.6) is 5.75 Å². The first-order chi connectivity index (χ1) is 11.3. The molecule has 4 nitrogen and oxygen atoms in total. The number of aryl methyl sites for hydroxylation is 1. The first-order valence-electron chi connectivity index (χ1n) is 8.92. The average molecular weight is 335 g/mol. The van der Waals surface area contributed by atoms with Crippen molar-refractivity contribution in [3.63, 3.8) is 0 Å². The van der Waals surface area contributed by atoms with Crippen LogP contribution >= 0.6 is 0 Å². The zero-order valence-electron chi connectivity index (χ0n) is 16.1. The highest BCUT2D eigenvalue weighted by molar-refractivity contribution is 5.97. The molecule has 0 radical (unpaired) electrons. The van der Waals surface area contributed by atoms with Crippen molar-refractivity contribution in [3.8, 4) is 5.75 Å². The van der Waals surface area contributed by atoms with E-state index in [1.54, 1.807) is 7.11 Å². The molecule has 1 atom stereocenters. The van der Waals surface area contributed by atoms with Gasteiger partial charge in [0.05, 0.1) is 6.61 Å². The van der Waals surface area contributed by atoms with Crippen LogP contribution in [0, 0.1) is 12.8 Å². The highest BCUT2D eigenvalue weighted by atomic mass is 16.5. The summed E-state index contributed by atoms with van der Waals surface area (Å²) in [5, 5.41) is 2.97. The first kappa shape index (κ1) is 20.5. The minimum absolute atomic E-state index is 0.101. The van der Waals surface area contributed by atoms with Crippen molar-refractivity contribution in [2.45, 2.75) is 65.9 Å². The van der Waals surface area contributed by atoms with Crippen molar-refractivity contribution < 1.29 is 14.3 Å². The molecular weight excluding hydrogens is 302 g/mol. The third-order valence-corrected chi connectivity index (χ3v) is 4.19. The Kier molecular flexibility index (Phi) is 8.26. The van der Waals surface area contributed by atoms with Crippen molar-refractivity contribution >= 4 is 11.6 Å². The van der Waals surface area contributed by atoms with E-state index in [1.807, 2.05) is 32.0 Å². The van der Waals surface area contributed by atoms with E-state index in [2.05, 4.69) is 26.1 Å². The van der Waals surface area contributed by atoms with E-state index in [9.17, 15) is 4.79 Å². The van der Waals surface area contributed by atoms with Gasteiger partial charge >= 0.3 is 0 Å². The Morgan fingerprint density at radius 1 is 1.29 bits per heavy atom. The largest absolute Gasteiger partial charge is 0.493 e. The SMILES string of the molecule is CCCCCC(C)(OC)C(=O)Nc1ccc(OCC(C)C)c(C)c1. The van der Waals surface area contributed by atoms with Crippen LogP contribution in [0.1, 0.15) is 58.9 Å². The Balaban J connectivity index is 2.73. The van der Waals surface area contributed by atoms with Gasteiger partial charge < -0.3 is 14.8 Å². The molecule has 1 unspecified atom stereocenters. The van der Waals surface area contributed by atoms with Gasteiger partial charge in [-0.2, -0.15) is 0 Å². The summed E-state index contributed by atoms with van der Waals surface area (Å²) in [6.45, 7) is 10.9. The fraction of sp³-hybridized carbons (Fsp3) is 0.650. The lowest BCUT2D eigenvalue weighted by molar-refractivity contribution is -0.136. The van der Waals surface area contributed by atoms with Gasteiger partial charge in [-0.15, -0.1) is 0 Å². The molecule has 24 heavy (non-hydrogen) atoms. The molecule has 0 heterocycles. The summed E-state index contributed by atoms with van der Waals surface area (Å²) in [7, 11) is 1.60. The van der Waals surface area contributed by atoms with Gasteiger partial charge in [0.1, 0.15) is 11.4 Å². The lowest BCUT2D eigenvalue weighted by atomic mass is 9.97. The van der Waals surface area contributed by atoms with Crippen LogP contribution in [0.15, 0.2) is 18.2 Å². The van der Waals surface area contributed by atoms with Crippen molar-refractivity contribution in [2.75, 3.05) is 19.0 Å². The maximum absolute atomic E-state index is 12.6. The predicted molar refractivity (Wildman–Crippen MR) is 99.7 cm³/mol. The second-order valence-corrected chi connectivity index (χ2v) is 7.03. The lowest BCUT2D eigenvalue weighted by Crippen LogP contribution is -2.41. The molecule has 0 aliphatic heterocycles. The topological polar surface area (TPSA) is 47.6 Å². The summed E-state index contributed by atoms with van der Waals surface area (Å²) >= 11 is 0. The number of nitrogens with one attached hydrogen (secondary N) is 1. The van der Waals surface area contributed by atoms with Crippen molar-refractivity contribution in [3.05, 3.63) is 23.8 Å². The van der Waals surface area contributed by atoms with Gasteiger partial charge in [-0.05, 0) is 49.9 Å². The summed E-state index contributed by atoms with van der Waals surface area (Å²) < 4.78 is 11.3. The Labute approximate surface area is 146 Å². The third-order valence-electron chi connectivity index (χ3n) is 4.19. The van der Waals surface area contributed by atoms with Gasteiger partial charge in [-0.3, -0.25) is 4.79 Å². The molecule has 136 valence electrons. The normalized spacial score (nSPS) is 13.6. The molecule has 0 aromatic heterocycles. The molecule has 1 aromatic carbocycles. The summed E-state index contributed by atoms with van der Waals surface area (Å²) in [4.78, 5) is 12.6. The number of rotatable bonds is 10. The average Bonchev–Trinajstić information content (AvgIpc) is 2.53. The van der Waals surface area contributed by atoms with E-state index in [0.29, 0.717) is 12.5 Å². The Bertz CT molecular complexity index is 528. The summed E-state index contributed by atoms with van der Waals surface area (Å²) in [6.07, 6.45) is 3.93. The van der Waals surface area contributed by atoms with Crippen molar-refractivity contribution in [2.24, 2.45) is 5.92 Å². The van der Waals surface area contributed by atoms with Crippen LogP contribution in [0.4, 0.5) is 5.69 Å². The number of benzene rings is 1. The van der Waals surface area contributed by atoms with Gasteiger partial charge in [0.15, 0.2) is 0 Å². The summed E-state index contributed by atoms with van der Waals surface area (Å²) in [5.41, 5.74) is 0.988. The van der Waals surface area contributed by atoms with Gasteiger partial charge in [-0.1, -0.05) is 40.0 Å². The lowest BCUT2D eigenvalue weighted by Gasteiger charge is -2.27. The Morgan fingerprint density at radius 3 is 2.54 bits per heavy atom. The smallest absolute Gasteiger partial charge is 0.256 e. The fourth-order valence-electron chi connectivity index (χ4n) is 2.43. The number of methoxy groups -OCH3 is 1. The van der Waals surface area contributed by atoms with Crippen LogP contribution in [-0.2, 0) is 9.53 Å². The Hall–Kier alpha value is -1.55. The highest BCUT2D eigenvalue weighted by Gasteiger charge is 2.32. The number of hydrogen-bond donors (Lipinski definition) is 1. The number of carbonyl (C=O) groups excluding carboxylic acids is 1. The second kappa shape index (κ2) is 9.67. The molecule has 1 aromatic rings. The van der Waals surface area contributed by atoms with Gasteiger partial charge in [-0.25, -0.2) is 0 Å². The monoisotopic (exact) mass is 335 g/mol. The molecule has 0 aliphatic carbocycles. The number of anilines is 1. The number of carbonyl (C=O) groups is 1. The maximum atomic E-state index is 12.6. The number of amides is 1. The van der Waals surface area contributed by atoms with E-state index in [0.717, 1.165) is 42.7 Å². The first-order valence-corrected chi connectivity index (χ1v) is 8.92. The molecule has 0 saturated carbocycles. The minimum Gasteiger partial charge on any atom is -0.493 e. The van der Waals surface area contributed by atoms with Gasteiger partial charge in [0, 0.05) is 12.8 Å². The number of ether oxygens (including phenoxy) is 2. The minimum atomic E-state index is -0.796. The number of unbranched alkanes of at least 4 members (excludes halogenated alkanes) is 2. The Morgan fingerprint density at radius 2 is 2.00 bits per heavy atom. The van der Waals surface area contributed by atoms with Gasteiger partial charge in [0.2, 0.25) is 0 Å². The highest BCUT2D eigenvalue weighted by Crippen LogP contribution is 2.25. The van der Waals surface area contributed by atoms with Crippen LogP contribution < -0.4 is 10.1 Å². The second-order valence-electron chi connectivity index (χ2n) is 7.03. The molecule has 1 amide bonds. The molecule has 0 spiro atoms. The predicted octanol–water partition coefficient (Wildman–Crippen LogP) is 4.95. The zero-order chi connectivity index (χ0) is 18.2. The molecule has 0 aliphatic rings. The quantitative estimate of drug-likeness (QED) is 0.615. The van der Waals surface area contributed by atoms with Crippen LogP contribution in [0.3, 0.4) is 0 Å². The molecule has 4 heteroatoms. The summed E-state index contributed by atoms with van der Waals surface area (Å²) in [6, 6.07) is 5.73. The summed E-state index contributed by atoms with van der Waals surface area (Å²) in [5.74, 6) is 1.24. The standard InChI is InChI=1S/C20H33NO3/c1-7-8-9-12-20(5,23-6)19(22)21-17-10-11-18(16(4)13-17)24-14-15(2)3/h10-11,13,15H,7-9,12,14H2,1-6H3,(H,21,22). The van der Waals surface area contributed by atoms with Gasteiger partial charge in [0.25, 0.3) is 5.91 Å². The third kappa shape index (κ3) is 6.16. The van der Waals surface area contributed by atoms with Crippen LogP contribution in [0.25, 0.3) is 0 Å². The molecule has 0 bridgehead atoms. The fourth-order valence-corrected chi connectivity index (χ4v) is 2.43. The molecular formula is C20H33NO3. The van der Waals surface area contributed by atoms with Crippen molar-refractivity contribution in [1.82, 2.24) is 0 Å². The van der Waals surface area contributed by atoms with Crippen LogP contribution in [-0.4, -0.2) is 25.2 Å². The van der Waals surface area contributed by atoms with Crippen molar-refractivity contribution in [1.29, 1.82) is 0 Å². The molecule has 1 rings (SSSR count). The van der Waals surface area contributed by atoms with Crippen LogP contribution in [0.2, 0.25) is 0 Å². The van der Waals surface area contributed by atoms with E-state index in [1.165, 1.54) is 0 Å². The maximum Gasteiger partial charge on any atom is 0.256 e.